The third-order valence-corrected chi connectivity index (χ3v) is 7.40. The van der Waals surface area contributed by atoms with E-state index in [2.05, 4.69) is 5.32 Å². The van der Waals surface area contributed by atoms with Crippen molar-refractivity contribution in [2.75, 3.05) is 37.2 Å². The summed E-state index contributed by atoms with van der Waals surface area (Å²) < 4.78 is 27.1. The zero-order chi connectivity index (χ0) is 18.7. The van der Waals surface area contributed by atoms with Crippen molar-refractivity contribution < 1.29 is 18.0 Å². The second-order valence-electron chi connectivity index (χ2n) is 6.53. The molecule has 142 valence electrons. The standard InChI is InChI=1S/C17H23N3O4S2/c1-13-5-6-14(26(23,24)20-7-3-2-4-8-20)11-15(13)18-16(21)12-19-9-10-25-17(19)22/h5-6,11H,2-4,7-10,12H2,1H3,(H,18,21). The van der Waals surface area contributed by atoms with Crippen molar-refractivity contribution in [3.05, 3.63) is 23.8 Å². The molecular weight excluding hydrogens is 374 g/mol. The minimum atomic E-state index is -3.55. The number of amides is 2. The number of rotatable bonds is 5. The first-order chi connectivity index (χ1) is 12.4. The Hall–Kier alpha value is -1.58. The average Bonchev–Trinajstić information content (AvgIpc) is 3.02. The van der Waals surface area contributed by atoms with Gasteiger partial charge < -0.3 is 10.2 Å². The Bertz CT molecular complexity index is 804. The summed E-state index contributed by atoms with van der Waals surface area (Å²) in [7, 11) is -3.55. The number of aryl methyl sites for hydroxylation is 1. The Labute approximate surface area is 158 Å². The first-order valence-electron chi connectivity index (χ1n) is 8.70. The molecule has 2 amide bonds. The van der Waals surface area contributed by atoms with E-state index in [-0.39, 0.29) is 22.6 Å². The minimum absolute atomic E-state index is 0.0195. The summed E-state index contributed by atoms with van der Waals surface area (Å²) in [5.41, 5.74) is 1.24. The van der Waals surface area contributed by atoms with Gasteiger partial charge in [0.1, 0.15) is 6.54 Å². The van der Waals surface area contributed by atoms with E-state index in [1.165, 1.54) is 27.0 Å². The molecule has 1 aromatic rings. The fraction of sp³-hybridized carbons (Fsp3) is 0.529. The molecule has 0 atom stereocenters. The second kappa shape index (κ2) is 7.98. The number of piperidine rings is 1. The van der Waals surface area contributed by atoms with Crippen molar-refractivity contribution in [2.45, 2.75) is 31.1 Å². The number of hydrogen-bond acceptors (Lipinski definition) is 5. The van der Waals surface area contributed by atoms with Gasteiger partial charge in [-0.3, -0.25) is 9.59 Å². The molecule has 1 N–H and O–H groups in total. The Balaban J connectivity index is 1.74. The summed E-state index contributed by atoms with van der Waals surface area (Å²) in [6, 6.07) is 4.79. The maximum atomic E-state index is 12.8. The number of nitrogens with zero attached hydrogens (tertiary/aromatic N) is 2. The lowest BCUT2D eigenvalue weighted by atomic mass is 10.2. The third-order valence-electron chi connectivity index (χ3n) is 4.62. The van der Waals surface area contributed by atoms with E-state index in [1.807, 2.05) is 6.92 Å². The van der Waals surface area contributed by atoms with Crippen LogP contribution in [0, 0.1) is 6.92 Å². The van der Waals surface area contributed by atoms with E-state index in [0.29, 0.717) is 31.1 Å². The molecule has 2 saturated heterocycles. The molecule has 2 heterocycles. The molecule has 2 aliphatic heterocycles. The van der Waals surface area contributed by atoms with Crippen LogP contribution in [0.25, 0.3) is 0 Å². The molecule has 0 aromatic heterocycles. The molecule has 26 heavy (non-hydrogen) atoms. The zero-order valence-corrected chi connectivity index (χ0v) is 16.4. The van der Waals surface area contributed by atoms with Crippen LogP contribution in [0.4, 0.5) is 10.5 Å². The Morgan fingerprint density at radius 3 is 2.58 bits per heavy atom. The molecule has 9 heteroatoms. The maximum absolute atomic E-state index is 12.8. The van der Waals surface area contributed by atoms with Crippen LogP contribution in [0.5, 0.6) is 0 Å². The zero-order valence-electron chi connectivity index (χ0n) is 14.7. The molecule has 2 fully saturated rings. The number of anilines is 1. The number of nitrogens with one attached hydrogen (secondary N) is 1. The van der Waals surface area contributed by atoms with Gasteiger partial charge in [0.2, 0.25) is 15.9 Å². The molecule has 1 aromatic carbocycles. The van der Waals surface area contributed by atoms with Gasteiger partial charge in [-0.2, -0.15) is 4.31 Å². The highest BCUT2D eigenvalue weighted by atomic mass is 32.2. The molecule has 0 aliphatic carbocycles. The van der Waals surface area contributed by atoms with Crippen LogP contribution >= 0.6 is 11.8 Å². The summed E-state index contributed by atoms with van der Waals surface area (Å²) in [4.78, 5) is 25.5. The minimum Gasteiger partial charge on any atom is -0.324 e. The van der Waals surface area contributed by atoms with Crippen LogP contribution in [-0.2, 0) is 14.8 Å². The van der Waals surface area contributed by atoms with E-state index < -0.39 is 10.0 Å². The van der Waals surface area contributed by atoms with Crippen molar-refractivity contribution in [2.24, 2.45) is 0 Å². The lowest BCUT2D eigenvalue weighted by Gasteiger charge is -2.26. The highest BCUT2D eigenvalue weighted by Crippen LogP contribution is 2.25. The van der Waals surface area contributed by atoms with Gasteiger partial charge in [-0.1, -0.05) is 24.2 Å². The third kappa shape index (κ3) is 4.21. The number of sulfonamides is 1. The van der Waals surface area contributed by atoms with Crippen molar-refractivity contribution in [1.29, 1.82) is 0 Å². The Morgan fingerprint density at radius 2 is 1.92 bits per heavy atom. The van der Waals surface area contributed by atoms with Gasteiger partial charge in [-0.25, -0.2) is 8.42 Å². The molecule has 7 nitrogen and oxygen atoms in total. The van der Waals surface area contributed by atoms with Gasteiger partial charge in [0.15, 0.2) is 0 Å². The quantitative estimate of drug-likeness (QED) is 0.824. The number of thioether (sulfide) groups is 1. The van der Waals surface area contributed by atoms with E-state index >= 15 is 0 Å². The van der Waals surface area contributed by atoms with E-state index in [4.69, 9.17) is 0 Å². The number of carbonyl (C=O) groups excluding carboxylic acids is 2. The van der Waals surface area contributed by atoms with E-state index in [1.54, 1.807) is 12.1 Å². The van der Waals surface area contributed by atoms with Gasteiger partial charge in [0, 0.05) is 31.1 Å². The molecule has 2 aliphatic rings. The molecule has 0 spiro atoms. The smallest absolute Gasteiger partial charge is 0.282 e. The van der Waals surface area contributed by atoms with Gasteiger partial charge in [0.25, 0.3) is 5.24 Å². The molecule has 3 rings (SSSR count). The van der Waals surface area contributed by atoms with Gasteiger partial charge in [-0.15, -0.1) is 0 Å². The van der Waals surface area contributed by atoms with E-state index in [9.17, 15) is 18.0 Å². The van der Waals surface area contributed by atoms with Gasteiger partial charge in [0.05, 0.1) is 4.90 Å². The number of hydrogen-bond donors (Lipinski definition) is 1. The molecule has 0 radical (unpaired) electrons. The predicted octanol–water partition coefficient (Wildman–Crippen LogP) is 2.28. The summed E-state index contributed by atoms with van der Waals surface area (Å²) >= 11 is 1.20. The number of benzene rings is 1. The van der Waals surface area contributed by atoms with Crippen LogP contribution in [0.2, 0.25) is 0 Å². The normalized spacial score (nSPS) is 19.0. The molecule has 0 unspecified atom stereocenters. The SMILES string of the molecule is Cc1ccc(S(=O)(=O)N2CCCCC2)cc1NC(=O)CN1CCSC1=O. The highest BCUT2D eigenvalue weighted by Gasteiger charge is 2.27. The lowest BCUT2D eigenvalue weighted by Crippen LogP contribution is -2.35. The summed E-state index contributed by atoms with van der Waals surface area (Å²) in [5, 5.41) is 2.65. The van der Waals surface area contributed by atoms with Gasteiger partial charge >= 0.3 is 0 Å². The van der Waals surface area contributed by atoms with Crippen molar-refractivity contribution >= 4 is 38.6 Å². The lowest BCUT2D eigenvalue weighted by molar-refractivity contribution is -0.116. The molecule has 0 saturated carbocycles. The summed E-state index contributed by atoms with van der Waals surface area (Å²) in [6.07, 6.45) is 2.79. The first kappa shape index (κ1) is 19.2. The van der Waals surface area contributed by atoms with Crippen LogP contribution in [0.3, 0.4) is 0 Å². The predicted molar refractivity (Wildman–Crippen MR) is 102 cm³/mol. The van der Waals surface area contributed by atoms with Crippen molar-refractivity contribution in [3.63, 3.8) is 0 Å². The van der Waals surface area contributed by atoms with Crippen LogP contribution < -0.4 is 5.32 Å². The van der Waals surface area contributed by atoms with Crippen molar-refractivity contribution in [1.82, 2.24) is 9.21 Å². The van der Waals surface area contributed by atoms with Crippen LogP contribution in [-0.4, -0.2) is 60.7 Å². The summed E-state index contributed by atoms with van der Waals surface area (Å²) in [5.74, 6) is 0.366. The number of carbonyl (C=O) groups is 2. The van der Waals surface area contributed by atoms with E-state index in [0.717, 1.165) is 24.8 Å². The molecule has 0 bridgehead atoms. The first-order valence-corrected chi connectivity index (χ1v) is 11.1. The Morgan fingerprint density at radius 1 is 1.19 bits per heavy atom. The topological polar surface area (TPSA) is 86.8 Å². The van der Waals surface area contributed by atoms with Crippen molar-refractivity contribution in [3.8, 4) is 0 Å². The maximum Gasteiger partial charge on any atom is 0.282 e. The molecular formula is C17H23N3O4S2. The van der Waals surface area contributed by atoms with Crippen LogP contribution in [0.1, 0.15) is 24.8 Å². The monoisotopic (exact) mass is 397 g/mol. The van der Waals surface area contributed by atoms with Gasteiger partial charge in [-0.05, 0) is 37.5 Å². The van der Waals surface area contributed by atoms with Crippen LogP contribution in [0.15, 0.2) is 23.1 Å². The fourth-order valence-corrected chi connectivity index (χ4v) is 5.45. The second-order valence-corrected chi connectivity index (χ2v) is 9.51. The Kier molecular flexibility index (Phi) is 5.89. The fourth-order valence-electron chi connectivity index (χ4n) is 3.08. The highest BCUT2D eigenvalue weighted by molar-refractivity contribution is 8.13. The average molecular weight is 398 g/mol. The largest absolute Gasteiger partial charge is 0.324 e. The summed E-state index contributed by atoms with van der Waals surface area (Å²) in [6.45, 7) is 3.41.